The highest BCUT2D eigenvalue weighted by Crippen LogP contribution is 2.22. The second-order valence-corrected chi connectivity index (χ2v) is 6.44. The molecule has 1 aromatic heterocycles. The van der Waals surface area contributed by atoms with Crippen molar-refractivity contribution in [3.05, 3.63) is 40.7 Å². The van der Waals surface area contributed by atoms with E-state index >= 15 is 0 Å². The Balaban J connectivity index is 0.00000364. The fourth-order valence-electron chi connectivity index (χ4n) is 2.91. The third-order valence-electron chi connectivity index (χ3n) is 4.51. The van der Waals surface area contributed by atoms with E-state index in [4.69, 9.17) is 4.74 Å². The van der Waals surface area contributed by atoms with Gasteiger partial charge in [0.15, 0.2) is 5.96 Å². The second-order valence-electron chi connectivity index (χ2n) is 6.44. The number of aromatic nitrogens is 2. The number of halogens is 1. The zero-order chi connectivity index (χ0) is 19.3. The highest BCUT2D eigenvalue weighted by molar-refractivity contribution is 14.0. The lowest BCUT2D eigenvalue weighted by Crippen LogP contribution is -2.42. The van der Waals surface area contributed by atoms with Crippen LogP contribution in [0.1, 0.15) is 29.4 Å². The molecule has 1 atom stereocenters. The molecule has 1 unspecified atom stereocenters. The minimum Gasteiger partial charge on any atom is -0.508 e. The van der Waals surface area contributed by atoms with Crippen molar-refractivity contribution in [3.8, 4) is 11.5 Å². The number of rotatable bonds is 6. The van der Waals surface area contributed by atoms with Crippen molar-refractivity contribution < 1.29 is 9.84 Å². The predicted octanol–water partition coefficient (Wildman–Crippen LogP) is 2.67. The molecule has 0 saturated heterocycles. The predicted molar refractivity (Wildman–Crippen MR) is 119 cm³/mol. The van der Waals surface area contributed by atoms with Gasteiger partial charge in [-0.05, 0) is 51.0 Å². The topological polar surface area (TPSA) is 83.7 Å². The van der Waals surface area contributed by atoms with E-state index in [1.165, 1.54) is 11.3 Å². The molecule has 1 aromatic carbocycles. The van der Waals surface area contributed by atoms with Crippen molar-refractivity contribution in [1.29, 1.82) is 0 Å². The van der Waals surface area contributed by atoms with Gasteiger partial charge in [0.25, 0.3) is 0 Å². The summed E-state index contributed by atoms with van der Waals surface area (Å²) in [5.74, 6) is 1.61. The number of ether oxygens (including phenoxy) is 1. The van der Waals surface area contributed by atoms with E-state index in [2.05, 4.69) is 34.6 Å². The van der Waals surface area contributed by atoms with Crippen molar-refractivity contribution in [2.75, 3.05) is 14.2 Å². The van der Waals surface area contributed by atoms with Gasteiger partial charge in [-0.25, -0.2) is 0 Å². The first-order valence-corrected chi connectivity index (χ1v) is 8.67. The SMILES string of the molecule is CN=C(NCc1cc(OC)ccc1O)NC(C)Cc1c(C)nn(C)c1C.I. The number of benzene rings is 1. The van der Waals surface area contributed by atoms with Gasteiger partial charge in [-0.3, -0.25) is 9.67 Å². The Bertz CT molecular complexity index is 789. The largest absolute Gasteiger partial charge is 0.508 e. The van der Waals surface area contributed by atoms with Crippen molar-refractivity contribution in [2.45, 2.75) is 39.8 Å². The first kappa shape index (κ1) is 23.1. The maximum atomic E-state index is 9.99. The number of phenolic OH excluding ortho intramolecular Hbond substituents is 1. The molecule has 8 heteroatoms. The van der Waals surface area contributed by atoms with E-state index in [9.17, 15) is 5.11 Å². The standard InChI is InChI=1S/C19H29N5O2.HI/c1-12(9-17-13(2)23-24(5)14(17)3)22-19(20-4)21-11-15-10-16(26-6)7-8-18(15)25;/h7-8,10,12,25H,9,11H2,1-6H3,(H2,20,21,22);1H. The number of phenols is 1. The Hall–Kier alpha value is -1.97. The van der Waals surface area contributed by atoms with Crippen molar-refractivity contribution >= 4 is 29.9 Å². The zero-order valence-electron chi connectivity index (χ0n) is 16.8. The number of methoxy groups -OCH3 is 1. The summed E-state index contributed by atoms with van der Waals surface area (Å²) < 4.78 is 7.12. The van der Waals surface area contributed by atoms with Gasteiger partial charge < -0.3 is 20.5 Å². The molecular weight excluding hydrogens is 457 g/mol. The third kappa shape index (κ3) is 6.02. The highest BCUT2D eigenvalue weighted by atomic mass is 127. The number of guanidine groups is 1. The maximum Gasteiger partial charge on any atom is 0.191 e. The smallest absolute Gasteiger partial charge is 0.191 e. The molecule has 0 amide bonds. The van der Waals surface area contributed by atoms with Gasteiger partial charge in [0.1, 0.15) is 11.5 Å². The van der Waals surface area contributed by atoms with Crippen LogP contribution in [0.3, 0.4) is 0 Å². The summed E-state index contributed by atoms with van der Waals surface area (Å²) in [6.07, 6.45) is 0.858. The number of aromatic hydroxyl groups is 1. The van der Waals surface area contributed by atoms with Crippen LogP contribution in [0.4, 0.5) is 0 Å². The first-order valence-electron chi connectivity index (χ1n) is 8.67. The Labute approximate surface area is 178 Å². The normalized spacial score (nSPS) is 12.3. The maximum absolute atomic E-state index is 9.99. The number of hydrogen-bond acceptors (Lipinski definition) is 4. The van der Waals surface area contributed by atoms with Crippen LogP contribution in [0.5, 0.6) is 11.5 Å². The van der Waals surface area contributed by atoms with Crippen molar-refractivity contribution in [3.63, 3.8) is 0 Å². The van der Waals surface area contributed by atoms with Crippen LogP contribution in [0, 0.1) is 13.8 Å². The quantitative estimate of drug-likeness (QED) is 0.332. The summed E-state index contributed by atoms with van der Waals surface area (Å²) in [5, 5.41) is 21.1. The van der Waals surface area contributed by atoms with E-state index in [0.29, 0.717) is 18.3 Å². The van der Waals surface area contributed by atoms with E-state index in [1.807, 2.05) is 18.7 Å². The summed E-state index contributed by atoms with van der Waals surface area (Å²) in [7, 11) is 5.30. The Morgan fingerprint density at radius 1 is 1.37 bits per heavy atom. The fourth-order valence-corrected chi connectivity index (χ4v) is 2.91. The average Bonchev–Trinajstić information content (AvgIpc) is 2.85. The molecule has 0 aliphatic rings. The average molecular weight is 487 g/mol. The summed E-state index contributed by atoms with van der Waals surface area (Å²) in [6, 6.07) is 5.35. The number of nitrogens with zero attached hydrogens (tertiary/aromatic N) is 3. The van der Waals surface area contributed by atoms with Crippen molar-refractivity contribution in [1.82, 2.24) is 20.4 Å². The lowest BCUT2D eigenvalue weighted by Gasteiger charge is -2.18. The lowest BCUT2D eigenvalue weighted by atomic mass is 10.1. The number of aryl methyl sites for hydroxylation is 2. The molecule has 0 bridgehead atoms. The van der Waals surface area contributed by atoms with Gasteiger partial charge in [-0.1, -0.05) is 0 Å². The van der Waals surface area contributed by atoms with Gasteiger partial charge in [-0.15, -0.1) is 24.0 Å². The minimum atomic E-state index is 0. The molecule has 0 saturated carbocycles. The van der Waals surface area contributed by atoms with Crippen LogP contribution in [0.25, 0.3) is 0 Å². The number of nitrogens with one attached hydrogen (secondary N) is 2. The number of hydrogen-bond donors (Lipinski definition) is 3. The molecule has 2 rings (SSSR count). The Morgan fingerprint density at radius 2 is 2.07 bits per heavy atom. The lowest BCUT2D eigenvalue weighted by molar-refractivity contribution is 0.410. The molecular formula is C19H30IN5O2. The Kier molecular flexibility index (Phi) is 8.87. The van der Waals surface area contributed by atoms with Crippen molar-refractivity contribution in [2.24, 2.45) is 12.0 Å². The molecule has 1 heterocycles. The van der Waals surface area contributed by atoms with Gasteiger partial charge in [0.2, 0.25) is 0 Å². The third-order valence-corrected chi connectivity index (χ3v) is 4.51. The molecule has 27 heavy (non-hydrogen) atoms. The van der Waals surface area contributed by atoms with Crippen LogP contribution >= 0.6 is 24.0 Å². The molecule has 150 valence electrons. The van der Waals surface area contributed by atoms with Crippen LogP contribution < -0.4 is 15.4 Å². The summed E-state index contributed by atoms with van der Waals surface area (Å²) in [6.45, 7) is 6.68. The molecule has 0 spiro atoms. The monoisotopic (exact) mass is 487 g/mol. The van der Waals surface area contributed by atoms with Crippen LogP contribution in [-0.4, -0.2) is 41.0 Å². The van der Waals surface area contributed by atoms with Crippen LogP contribution in [-0.2, 0) is 20.0 Å². The highest BCUT2D eigenvalue weighted by Gasteiger charge is 2.14. The van der Waals surface area contributed by atoms with E-state index < -0.39 is 0 Å². The molecule has 0 aliphatic heterocycles. The second kappa shape index (κ2) is 10.4. The summed E-state index contributed by atoms with van der Waals surface area (Å²) in [5.41, 5.74) is 4.25. The van der Waals surface area contributed by atoms with Gasteiger partial charge >= 0.3 is 0 Å². The zero-order valence-corrected chi connectivity index (χ0v) is 19.2. The first-order chi connectivity index (χ1) is 12.3. The fraction of sp³-hybridized carbons (Fsp3) is 0.474. The minimum absolute atomic E-state index is 0. The van der Waals surface area contributed by atoms with E-state index in [1.54, 1.807) is 32.4 Å². The van der Waals surface area contributed by atoms with Gasteiger partial charge in [0.05, 0.1) is 12.8 Å². The molecule has 0 aliphatic carbocycles. The Morgan fingerprint density at radius 3 is 2.63 bits per heavy atom. The van der Waals surface area contributed by atoms with E-state index in [-0.39, 0.29) is 35.8 Å². The summed E-state index contributed by atoms with van der Waals surface area (Å²) >= 11 is 0. The molecule has 7 nitrogen and oxygen atoms in total. The van der Waals surface area contributed by atoms with Gasteiger partial charge in [0, 0.05) is 37.9 Å². The molecule has 0 radical (unpaired) electrons. The summed E-state index contributed by atoms with van der Waals surface area (Å²) in [4.78, 5) is 4.27. The van der Waals surface area contributed by atoms with Crippen LogP contribution in [0.15, 0.2) is 23.2 Å². The molecule has 2 aromatic rings. The molecule has 3 N–H and O–H groups in total. The number of aliphatic imine (C=N–C) groups is 1. The van der Waals surface area contributed by atoms with Crippen LogP contribution in [0.2, 0.25) is 0 Å². The molecule has 0 fully saturated rings. The van der Waals surface area contributed by atoms with E-state index in [0.717, 1.165) is 17.7 Å². The van der Waals surface area contributed by atoms with Gasteiger partial charge in [-0.2, -0.15) is 5.10 Å².